The van der Waals surface area contributed by atoms with E-state index in [1.54, 1.807) is 39.0 Å². The van der Waals surface area contributed by atoms with Crippen LogP contribution in [-0.2, 0) is 16.0 Å². The Morgan fingerprint density at radius 3 is 2.52 bits per heavy atom. The van der Waals surface area contributed by atoms with Crippen molar-refractivity contribution in [3.8, 4) is 0 Å². The molecule has 2 unspecified atom stereocenters. The van der Waals surface area contributed by atoms with Crippen molar-refractivity contribution in [2.24, 2.45) is 5.92 Å². The Morgan fingerprint density at radius 1 is 1.32 bits per heavy atom. The summed E-state index contributed by atoms with van der Waals surface area (Å²) in [5.74, 6) is -1.33. The van der Waals surface area contributed by atoms with Gasteiger partial charge in [0.25, 0.3) is 6.43 Å². The second-order valence-electron chi connectivity index (χ2n) is 7.29. The number of carboxylic acid groups (broad SMARTS) is 1. The number of aliphatic carboxylic acids is 1. The molecule has 1 amide bonds. The smallest absolute Gasteiger partial charge is 0.411 e. The number of carboxylic acids is 1. The Kier molecular flexibility index (Phi) is 5.65. The first-order chi connectivity index (χ1) is 11.6. The lowest BCUT2D eigenvalue weighted by Crippen LogP contribution is -2.43. The van der Waals surface area contributed by atoms with Crippen LogP contribution in [0.2, 0.25) is 0 Å². The maximum atomic E-state index is 13.1. The lowest BCUT2D eigenvalue weighted by atomic mass is 9.94. The molecule has 0 spiro atoms. The molecule has 1 aromatic carbocycles. The number of hydrogen-bond donors (Lipinski definition) is 1. The van der Waals surface area contributed by atoms with Gasteiger partial charge in [-0.1, -0.05) is 24.3 Å². The van der Waals surface area contributed by atoms with Crippen molar-refractivity contribution >= 4 is 12.1 Å². The predicted molar refractivity (Wildman–Crippen MR) is 87.6 cm³/mol. The standard InChI is InChI=1S/C18H23F2NO4/c1-18(2,3)25-17(24)21-10-11(9-14(21)16(22)23)8-12-6-4-5-7-13(12)15(19)20/h4-7,11,14-15H,8-10H2,1-3H3,(H,22,23). The molecular formula is C18H23F2NO4. The Hall–Kier alpha value is -2.18. The largest absolute Gasteiger partial charge is 0.480 e. The van der Waals surface area contributed by atoms with E-state index in [0.29, 0.717) is 12.0 Å². The van der Waals surface area contributed by atoms with Crippen molar-refractivity contribution in [2.75, 3.05) is 6.54 Å². The number of amides is 1. The van der Waals surface area contributed by atoms with Crippen molar-refractivity contribution in [1.29, 1.82) is 0 Å². The first-order valence-electron chi connectivity index (χ1n) is 8.17. The normalized spacial score (nSPS) is 20.8. The van der Waals surface area contributed by atoms with Crippen molar-refractivity contribution in [3.63, 3.8) is 0 Å². The van der Waals surface area contributed by atoms with Crippen molar-refractivity contribution in [3.05, 3.63) is 35.4 Å². The molecule has 5 nitrogen and oxygen atoms in total. The molecule has 7 heteroatoms. The van der Waals surface area contributed by atoms with Gasteiger partial charge >= 0.3 is 12.1 Å². The van der Waals surface area contributed by atoms with E-state index >= 15 is 0 Å². The highest BCUT2D eigenvalue weighted by molar-refractivity contribution is 5.81. The molecule has 2 rings (SSSR count). The monoisotopic (exact) mass is 355 g/mol. The quantitative estimate of drug-likeness (QED) is 0.890. The van der Waals surface area contributed by atoms with E-state index in [9.17, 15) is 23.5 Å². The number of ether oxygens (including phenoxy) is 1. The van der Waals surface area contributed by atoms with Gasteiger partial charge in [-0.05, 0) is 45.1 Å². The zero-order valence-corrected chi connectivity index (χ0v) is 14.5. The second-order valence-corrected chi connectivity index (χ2v) is 7.29. The molecule has 138 valence electrons. The van der Waals surface area contributed by atoms with Crippen LogP contribution in [0.3, 0.4) is 0 Å². The maximum absolute atomic E-state index is 13.1. The average molecular weight is 355 g/mol. The molecule has 1 aliphatic heterocycles. The second kappa shape index (κ2) is 7.37. The van der Waals surface area contributed by atoms with E-state index in [0.717, 1.165) is 0 Å². The van der Waals surface area contributed by atoms with Gasteiger partial charge in [-0.2, -0.15) is 0 Å². The van der Waals surface area contributed by atoms with Gasteiger partial charge < -0.3 is 9.84 Å². The van der Waals surface area contributed by atoms with E-state index in [1.165, 1.54) is 11.0 Å². The van der Waals surface area contributed by atoms with Gasteiger partial charge in [0.2, 0.25) is 0 Å². The van der Waals surface area contributed by atoms with Crippen LogP contribution < -0.4 is 0 Å². The summed E-state index contributed by atoms with van der Waals surface area (Å²) in [6.07, 6.45) is -2.77. The van der Waals surface area contributed by atoms with Gasteiger partial charge in [0.15, 0.2) is 0 Å². The number of carbonyl (C=O) groups is 2. The van der Waals surface area contributed by atoms with E-state index in [1.807, 2.05) is 0 Å². The summed E-state index contributed by atoms with van der Waals surface area (Å²) in [6.45, 7) is 5.27. The minimum absolute atomic E-state index is 0.0508. The van der Waals surface area contributed by atoms with Crippen LogP contribution in [0.1, 0.15) is 44.7 Å². The number of alkyl halides is 2. The van der Waals surface area contributed by atoms with Gasteiger partial charge in [0.1, 0.15) is 11.6 Å². The molecule has 0 saturated carbocycles. The highest BCUT2D eigenvalue weighted by Crippen LogP contribution is 2.31. The summed E-state index contributed by atoms with van der Waals surface area (Å²) < 4.78 is 31.5. The Balaban J connectivity index is 2.15. The summed E-state index contributed by atoms with van der Waals surface area (Å²) in [5, 5.41) is 9.39. The lowest BCUT2D eigenvalue weighted by Gasteiger charge is -2.26. The molecule has 0 radical (unpaired) electrons. The molecule has 2 atom stereocenters. The van der Waals surface area contributed by atoms with Crippen LogP contribution in [0, 0.1) is 5.92 Å². The number of halogens is 2. The molecule has 1 aliphatic rings. The molecule has 0 bridgehead atoms. The minimum atomic E-state index is -2.59. The third-order valence-corrected chi connectivity index (χ3v) is 4.10. The third-order valence-electron chi connectivity index (χ3n) is 4.10. The Bertz CT molecular complexity index is 642. The molecule has 25 heavy (non-hydrogen) atoms. The summed E-state index contributed by atoms with van der Waals surface area (Å²) in [4.78, 5) is 24.9. The number of nitrogens with zero attached hydrogens (tertiary/aromatic N) is 1. The van der Waals surface area contributed by atoms with Crippen molar-refractivity contribution < 1.29 is 28.2 Å². The Morgan fingerprint density at radius 2 is 1.96 bits per heavy atom. The van der Waals surface area contributed by atoms with Crippen molar-refractivity contribution in [2.45, 2.75) is 51.7 Å². The molecule has 1 heterocycles. The first-order valence-corrected chi connectivity index (χ1v) is 8.17. The highest BCUT2D eigenvalue weighted by Gasteiger charge is 2.41. The van der Waals surface area contributed by atoms with Crippen LogP contribution in [0.5, 0.6) is 0 Å². The van der Waals surface area contributed by atoms with E-state index in [2.05, 4.69) is 0 Å². The van der Waals surface area contributed by atoms with Gasteiger partial charge in [-0.25, -0.2) is 18.4 Å². The van der Waals surface area contributed by atoms with Gasteiger partial charge in [0, 0.05) is 12.1 Å². The van der Waals surface area contributed by atoms with Gasteiger partial charge in [-0.3, -0.25) is 4.90 Å². The van der Waals surface area contributed by atoms with E-state index in [-0.39, 0.29) is 24.4 Å². The van der Waals surface area contributed by atoms with Crippen LogP contribution >= 0.6 is 0 Å². The molecule has 0 aromatic heterocycles. The zero-order valence-electron chi connectivity index (χ0n) is 14.5. The van der Waals surface area contributed by atoms with E-state index in [4.69, 9.17) is 4.74 Å². The van der Waals surface area contributed by atoms with Crippen LogP contribution in [0.25, 0.3) is 0 Å². The molecule has 1 fully saturated rings. The summed E-state index contributed by atoms with van der Waals surface area (Å²) in [5.41, 5.74) is -0.302. The lowest BCUT2D eigenvalue weighted by molar-refractivity contribution is -0.142. The van der Waals surface area contributed by atoms with Crippen molar-refractivity contribution in [1.82, 2.24) is 4.90 Å². The molecule has 1 N–H and O–H groups in total. The summed E-state index contributed by atoms with van der Waals surface area (Å²) in [7, 11) is 0. The van der Waals surface area contributed by atoms with Gasteiger partial charge in [0.05, 0.1) is 0 Å². The summed E-state index contributed by atoms with van der Waals surface area (Å²) >= 11 is 0. The number of benzene rings is 1. The zero-order chi connectivity index (χ0) is 18.8. The number of likely N-dealkylation sites (tertiary alicyclic amines) is 1. The molecule has 1 saturated heterocycles. The van der Waals surface area contributed by atoms with Crippen LogP contribution in [0.4, 0.5) is 13.6 Å². The predicted octanol–water partition coefficient (Wildman–Crippen LogP) is 3.88. The fourth-order valence-electron chi connectivity index (χ4n) is 3.07. The van der Waals surface area contributed by atoms with Gasteiger partial charge in [-0.15, -0.1) is 0 Å². The first kappa shape index (κ1) is 19.1. The van der Waals surface area contributed by atoms with E-state index < -0.39 is 30.1 Å². The molecular weight excluding hydrogens is 332 g/mol. The molecule has 1 aromatic rings. The SMILES string of the molecule is CC(C)(C)OC(=O)N1CC(Cc2ccccc2C(F)F)CC1C(=O)O. The summed E-state index contributed by atoms with van der Waals surface area (Å²) in [6, 6.07) is 5.21. The fourth-order valence-corrected chi connectivity index (χ4v) is 3.07. The number of carbonyl (C=O) groups excluding carboxylic acids is 1. The highest BCUT2D eigenvalue weighted by atomic mass is 19.3. The number of rotatable bonds is 4. The van der Waals surface area contributed by atoms with Crippen LogP contribution in [0.15, 0.2) is 24.3 Å². The fraction of sp³-hybridized carbons (Fsp3) is 0.556. The topological polar surface area (TPSA) is 66.8 Å². The third kappa shape index (κ3) is 4.90. The maximum Gasteiger partial charge on any atom is 0.411 e. The average Bonchev–Trinajstić information content (AvgIpc) is 2.90. The Labute approximate surface area is 145 Å². The van der Waals surface area contributed by atoms with Crippen LogP contribution in [-0.4, -0.2) is 40.3 Å². The minimum Gasteiger partial charge on any atom is -0.480 e. The molecule has 0 aliphatic carbocycles. The number of hydrogen-bond acceptors (Lipinski definition) is 3.